The Kier molecular flexibility index (Phi) is 4.93. The van der Waals surface area contributed by atoms with Gasteiger partial charge in [-0.15, -0.1) is 0 Å². The quantitative estimate of drug-likeness (QED) is 0.685. The fourth-order valence-electron chi connectivity index (χ4n) is 3.45. The highest BCUT2D eigenvalue weighted by Gasteiger charge is 2.26. The van der Waals surface area contributed by atoms with Crippen molar-refractivity contribution in [3.8, 4) is 5.75 Å². The van der Waals surface area contributed by atoms with Crippen LogP contribution < -0.4 is 4.74 Å². The number of hydrogen-bond acceptors (Lipinski definition) is 5. The van der Waals surface area contributed by atoms with Gasteiger partial charge in [0.05, 0.1) is 18.8 Å². The van der Waals surface area contributed by atoms with Crippen molar-refractivity contribution in [2.75, 3.05) is 13.2 Å². The monoisotopic (exact) mass is 349 g/mol. The van der Waals surface area contributed by atoms with Crippen molar-refractivity contribution >= 4 is 0 Å². The number of pyridine rings is 2. The van der Waals surface area contributed by atoms with Crippen LogP contribution in [-0.4, -0.2) is 37.6 Å². The average Bonchev–Trinajstić information content (AvgIpc) is 3.10. The van der Waals surface area contributed by atoms with Gasteiger partial charge in [0.15, 0.2) is 0 Å². The summed E-state index contributed by atoms with van der Waals surface area (Å²) in [5, 5.41) is 0. The molecule has 4 rings (SSSR count). The van der Waals surface area contributed by atoms with Crippen molar-refractivity contribution in [2.24, 2.45) is 0 Å². The second-order valence-electron chi connectivity index (χ2n) is 6.55. The molecule has 3 aromatic rings. The maximum Gasteiger partial charge on any atom is 0.137 e. The van der Waals surface area contributed by atoms with E-state index in [2.05, 4.69) is 32.4 Å². The van der Waals surface area contributed by atoms with Gasteiger partial charge in [0.1, 0.15) is 11.6 Å². The van der Waals surface area contributed by atoms with E-state index in [0.717, 1.165) is 37.6 Å². The van der Waals surface area contributed by atoms with Gasteiger partial charge in [-0.2, -0.15) is 0 Å². The number of aromatic nitrogens is 4. The second-order valence-corrected chi connectivity index (χ2v) is 6.55. The normalized spacial score (nSPS) is 17.0. The lowest BCUT2D eigenvalue weighted by Crippen LogP contribution is -2.37. The fourth-order valence-corrected chi connectivity index (χ4v) is 3.45. The summed E-state index contributed by atoms with van der Waals surface area (Å²) in [5.41, 5.74) is 2.47. The Hall–Kier alpha value is -2.73. The first-order valence-electron chi connectivity index (χ1n) is 9.01. The SMILES string of the molecule is C[C@@H]1c2ncc(CCOc3cccnc3)n2CCN1Cc1cccnc1. The van der Waals surface area contributed by atoms with E-state index >= 15 is 0 Å². The summed E-state index contributed by atoms with van der Waals surface area (Å²) in [6, 6.07) is 8.22. The summed E-state index contributed by atoms with van der Waals surface area (Å²) in [7, 11) is 0. The first-order valence-corrected chi connectivity index (χ1v) is 9.01. The molecule has 0 aromatic carbocycles. The minimum atomic E-state index is 0.289. The minimum Gasteiger partial charge on any atom is -0.492 e. The lowest BCUT2D eigenvalue weighted by atomic mass is 10.1. The predicted octanol–water partition coefficient (Wildman–Crippen LogP) is 2.87. The molecule has 0 N–H and O–H groups in total. The molecule has 0 radical (unpaired) electrons. The van der Waals surface area contributed by atoms with Gasteiger partial charge in [-0.3, -0.25) is 14.9 Å². The Morgan fingerprint density at radius 3 is 2.69 bits per heavy atom. The number of fused-ring (bicyclic) bond motifs is 1. The van der Waals surface area contributed by atoms with E-state index in [1.807, 2.05) is 36.8 Å². The first kappa shape index (κ1) is 16.7. The van der Waals surface area contributed by atoms with Crippen molar-refractivity contribution in [2.45, 2.75) is 32.5 Å². The molecule has 0 bridgehead atoms. The molecule has 1 aliphatic rings. The summed E-state index contributed by atoms with van der Waals surface area (Å²) < 4.78 is 8.12. The Morgan fingerprint density at radius 1 is 1.08 bits per heavy atom. The molecule has 0 amide bonds. The predicted molar refractivity (Wildman–Crippen MR) is 98.7 cm³/mol. The lowest BCUT2D eigenvalue weighted by molar-refractivity contribution is 0.154. The molecule has 0 saturated carbocycles. The molecule has 0 fully saturated rings. The van der Waals surface area contributed by atoms with Crippen LogP contribution in [0.25, 0.3) is 0 Å². The molecule has 134 valence electrons. The fraction of sp³-hybridized carbons (Fsp3) is 0.350. The van der Waals surface area contributed by atoms with E-state index < -0.39 is 0 Å². The summed E-state index contributed by atoms with van der Waals surface area (Å²) in [6.45, 7) is 5.73. The minimum absolute atomic E-state index is 0.289. The molecule has 0 unspecified atom stereocenters. The van der Waals surface area contributed by atoms with Crippen molar-refractivity contribution in [1.82, 2.24) is 24.4 Å². The third kappa shape index (κ3) is 3.60. The molecule has 3 aromatic heterocycles. The summed E-state index contributed by atoms with van der Waals surface area (Å²) in [5.74, 6) is 1.94. The van der Waals surface area contributed by atoms with Gasteiger partial charge in [-0.05, 0) is 30.7 Å². The van der Waals surface area contributed by atoms with Crippen LogP contribution in [0.4, 0.5) is 0 Å². The third-order valence-corrected chi connectivity index (χ3v) is 4.87. The number of hydrogen-bond donors (Lipinski definition) is 0. The lowest BCUT2D eigenvalue weighted by Gasteiger charge is -2.34. The van der Waals surface area contributed by atoms with Crippen LogP contribution in [0, 0.1) is 0 Å². The van der Waals surface area contributed by atoms with E-state index in [4.69, 9.17) is 9.72 Å². The molecule has 0 spiro atoms. The van der Waals surface area contributed by atoms with E-state index in [9.17, 15) is 0 Å². The standard InChI is InChI=1S/C20H23N5O/c1-16-20-23-13-18(6-11-26-19-5-3-8-22-14-19)25(20)10-9-24(16)15-17-4-2-7-21-12-17/h2-5,7-8,12-14,16H,6,9-11,15H2,1H3/t16-/m1/s1. The van der Waals surface area contributed by atoms with E-state index in [0.29, 0.717) is 6.61 Å². The highest BCUT2D eigenvalue weighted by atomic mass is 16.5. The first-order chi connectivity index (χ1) is 12.8. The third-order valence-electron chi connectivity index (χ3n) is 4.87. The van der Waals surface area contributed by atoms with E-state index in [-0.39, 0.29) is 6.04 Å². The molecule has 4 heterocycles. The molecule has 1 aliphatic heterocycles. The maximum atomic E-state index is 5.78. The van der Waals surface area contributed by atoms with Gasteiger partial charge in [0.2, 0.25) is 0 Å². The largest absolute Gasteiger partial charge is 0.492 e. The Labute approximate surface area is 153 Å². The van der Waals surface area contributed by atoms with Crippen LogP contribution in [0.5, 0.6) is 5.75 Å². The zero-order valence-corrected chi connectivity index (χ0v) is 15.0. The molecule has 6 heteroatoms. The van der Waals surface area contributed by atoms with Gasteiger partial charge >= 0.3 is 0 Å². The van der Waals surface area contributed by atoms with Crippen LogP contribution >= 0.6 is 0 Å². The highest BCUT2D eigenvalue weighted by Crippen LogP contribution is 2.27. The Bertz CT molecular complexity index is 834. The smallest absolute Gasteiger partial charge is 0.137 e. The number of imidazole rings is 1. The highest BCUT2D eigenvalue weighted by molar-refractivity contribution is 5.16. The maximum absolute atomic E-state index is 5.78. The average molecular weight is 349 g/mol. The zero-order valence-electron chi connectivity index (χ0n) is 15.0. The summed E-state index contributed by atoms with van der Waals surface area (Å²) in [6.07, 6.45) is 10.1. The van der Waals surface area contributed by atoms with Crippen molar-refractivity contribution in [3.63, 3.8) is 0 Å². The summed E-state index contributed by atoms with van der Waals surface area (Å²) >= 11 is 0. The van der Waals surface area contributed by atoms with Gasteiger partial charge in [-0.1, -0.05) is 6.07 Å². The van der Waals surface area contributed by atoms with Gasteiger partial charge in [0.25, 0.3) is 0 Å². The molecule has 0 saturated heterocycles. The number of rotatable bonds is 6. The van der Waals surface area contributed by atoms with Crippen molar-refractivity contribution < 1.29 is 4.74 Å². The van der Waals surface area contributed by atoms with E-state index in [1.165, 1.54) is 11.3 Å². The van der Waals surface area contributed by atoms with E-state index in [1.54, 1.807) is 12.4 Å². The van der Waals surface area contributed by atoms with Crippen LogP contribution in [0.3, 0.4) is 0 Å². The molecule has 1 atom stereocenters. The topological polar surface area (TPSA) is 56.1 Å². The van der Waals surface area contributed by atoms with Crippen LogP contribution in [0.15, 0.2) is 55.2 Å². The van der Waals surface area contributed by atoms with Crippen LogP contribution in [0.2, 0.25) is 0 Å². The Balaban J connectivity index is 1.39. The van der Waals surface area contributed by atoms with Crippen LogP contribution in [0.1, 0.15) is 30.0 Å². The number of ether oxygens (including phenoxy) is 1. The van der Waals surface area contributed by atoms with Crippen LogP contribution in [-0.2, 0) is 19.5 Å². The van der Waals surface area contributed by atoms with Gasteiger partial charge < -0.3 is 9.30 Å². The zero-order chi connectivity index (χ0) is 17.8. The molecular formula is C20H23N5O. The number of nitrogens with zero attached hydrogens (tertiary/aromatic N) is 5. The summed E-state index contributed by atoms with van der Waals surface area (Å²) in [4.78, 5) is 15.4. The molecule has 0 aliphatic carbocycles. The van der Waals surface area contributed by atoms with Gasteiger partial charge in [-0.25, -0.2) is 4.98 Å². The van der Waals surface area contributed by atoms with Gasteiger partial charge in [0, 0.05) is 56.5 Å². The second kappa shape index (κ2) is 7.66. The Morgan fingerprint density at radius 2 is 1.92 bits per heavy atom. The molecular weight excluding hydrogens is 326 g/mol. The van der Waals surface area contributed by atoms with Crippen molar-refractivity contribution in [1.29, 1.82) is 0 Å². The molecule has 6 nitrogen and oxygen atoms in total. The molecule has 26 heavy (non-hydrogen) atoms. The van der Waals surface area contributed by atoms with Crippen molar-refractivity contribution in [3.05, 3.63) is 72.3 Å².